The molecule has 116 valence electrons. The molecule has 1 aromatic heterocycles. The molecule has 1 saturated heterocycles. The number of likely N-dealkylation sites (tertiary alicyclic amines) is 1. The summed E-state index contributed by atoms with van der Waals surface area (Å²) in [5, 5.41) is 4.35. The van der Waals surface area contributed by atoms with Gasteiger partial charge in [0.1, 0.15) is 0 Å². The molecule has 0 radical (unpaired) electrons. The molecule has 4 heteroatoms. The van der Waals surface area contributed by atoms with E-state index in [-0.39, 0.29) is 5.91 Å². The molecule has 2 aromatic rings. The van der Waals surface area contributed by atoms with Crippen LogP contribution in [-0.2, 0) is 0 Å². The van der Waals surface area contributed by atoms with E-state index in [1.54, 1.807) is 0 Å². The molecule has 1 aliphatic heterocycles. The molecular formula is C18H23N3O. The average molecular weight is 297 g/mol. The third kappa shape index (κ3) is 2.63. The van der Waals surface area contributed by atoms with Gasteiger partial charge in [-0.1, -0.05) is 18.9 Å². The highest BCUT2D eigenvalue weighted by Gasteiger charge is 2.30. The Hall–Kier alpha value is -1.81. The van der Waals surface area contributed by atoms with Crippen molar-refractivity contribution in [1.29, 1.82) is 0 Å². The zero-order valence-electron chi connectivity index (χ0n) is 12.8. The molecule has 1 aromatic carbocycles. The molecule has 0 unspecified atom stereocenters. The number of fused-ring (bicyclic) bond motifs is 1. The Labute approximate surface area is 130 Å². The molecule has 0 bridgehead atoms. The van der Waals surface area contributed by atoms with E-state index in [9.17, 15) is 4.79 Å². The molecule has 1 aliphatic carbocycles. The minimum absolute atomic E-state index is 0.0507. The molecule has 1 atom stereocenters. The van der Waals surface area contributed by atoms with Gasteiger partial charge in [0.15, 0.2) is 0 Å². The molecule has 2 fully saturated rings. The lowest BCUT2D eigenvalue weighted by molar-refractivity contribution is 0.0936. The largest absolute Gasteiger partial charge is 0.361 e. The van der Waals surface area contributed by atoms with E-state index < -0.39 is 0 Å². The van der Waals surface area contributed by atoms with Crippen molar-refractivity contribution < 1.29 is 4.79 Å². The normalized spacial score (nSPS) is 23.4. The van der Waals surface area contributed by atoms with E-state index >= 15 is 0 Å². The summed E-state index contributed by atoms with van der Waals surface area (Å²) in [5.74, 6) is 0.0507. The zero-order chi connectivity index (χ0) is 14.9. The lowest BCUT2D eigenvalue weighted by atomic mass is 10.1. The second-order valence-electron chi connectivity index (χ2n) is 6.67. The van der Waals surface area contributed by atoms with Crippen molar-refractivity contribution in [2.24, 2.45) is 0 Å². The first-order valence-electron chi connectivity index (χ1n) is 8.42. The molecule has 4 rings (SSSR count). The molecule has 22 heavy (non-hydrogen) atoms. The summed E-state index contributed by atoms with van der Waals surface area (Å²) in [6.07, 6.45) is 8.40. The number of amides is 1. The van der Waals surface area contributed by atoms with Gasteiger partial charge in [0, 0.05) is 42.5 Å². The van der Waals surface area contributed by atoms with Crippen LogP contribution in [0, 0.1) is 0 Å². The van der Waals surface area contributed by atoms with Crippen LogP contribution in [0.3, 0.4) is 0 Å². The van der Waals surface area contributed by atoms with Gasteiger partial charge in [-0.15, -0.1) is 0 Å². The highest BCUT2D eigenvalue weighted by Crippen LogP contribution is 2.26. The Morgan fingerprint density at radius 1 is 1.18 bits per heavy atom. The summed E-state index contributed by atoms with van der Waals surface area (Å²) in [6, 6.07) is 8.93. The van der Waals surface area contributed by atoms with Crippen molar-refractivity contribution in [2.45, 2.75) is 44.2 Å². The maximum atomic E-state index is 12.5. The lowest BCUT2D eigenvalue weighted by Crippen LogP contribution is -2.39. The number of aromatic amines is 1. The number of rotatable bonds is 3. The number of nitrogens with zero attached hydrogens (tertiary/aromatic N) is 1. The van der Waals surface area contributed by atoms with Crippen LogP contribution in [0.1, 0.15) is 42.5 Å². The Bertz CT molecular complexity index is 672. The topological polar surface area (TPSA) is 48.1 Å². The van der Waals surface area contributed by atoms with Crippen LogP contribution in [0.15, 0.2) is 30.5 Å². The van der Waals surface area contributed by atoms with Crippen LogP contribution in [0.4, 0.5) is 0 Å². The predicted octanol–water partition coefficient (Wildman–Crippen LogP) is 2.91. The fourth-order valence-corrected chi connectivity index (χ4v) is 3.96. The molecule has 2 aliphatic rings. The van der Waals surface area contributed by atoms with E-state index in [4.69, 9.17) is 0 Å². The number of hydrogen-bond acceptors (Lipinski definition) is 2. The van der Waals surface area contributed by atoms with Crippen molar-refractivity contribution in [2.75, 3.05) is 13.1 Å². The Morgan fingerprint density at radius 3 is 2.91 bits per heavy atom. The van der Waals surface area contributed by atoms with Crippen LogP contribution >= 0.6 is 0 Å². The number of carbonyl (C=O) groups excluding carboxylic acids is 1. The van der Waals surface area contributed by atoms with Crippen LogP contribution in [-0.4, -0.2) is 41.0 Å². The first-order chi connectivity index (χ1) is 10.8. The van der Waals surface area contributed by atoms with Crippen molar-refractivity contribution in [3.05, 3.63) is 36.0 Å². The molecule has 2 N–H and O–H groups in total. The summed E-state index contributed by atoms with van der Waals surface area (Å²) in [7, 11) is 0. The molecular weight excluding hydrogens is 274 g/mol. The number of hydrogen-bond donors (Lipinski definition) is 2. The predicted molar refractivity (Wildman–Crippen MR) is 88.0 cm³/mol. The van der Waals surface area contributed by atoms with Gasteiger partial charge in [-0.3, -0.25) is 9.69 Å². The third-order valence-electron chi connectivity index (χ3n) is 5.21. The molecule has 4 nitrogen and oxygen atoms in total. The Kier molecular flexibility index (Phi) is 3.62. The van der Waals surface area contributed by atoms with Gasteiger partial charge in [0.05, 0.1) is 0 Å². The van der Waals surface area contributed by atoms with Crippen molar-refractivity contribution in [1.82, 2.24) is 15.2 Å². The van der Waals surface area contributed by atoms with Gasteiger partial charge in [0.25, 0.3) is 5.91 Å². The van der Waals surface area contributed by atoms with Gasteiger partial charge >= 0.3 is 0 Å². The summed E-state index contributed by atoms with van der Waals surface area (Å²) in [6.45, 7) is 2.15. The first kappa shape index (κ1) is 13.8. The average Bonchev–Trinajstić information content (AvgIpc) is 3.27. The minimum atomic E-state index is 0.0507. The number of benzene rings is 1. The molecule has 1 saturated carbocycles. The van der Waals surface area contributed by atoms with E-state index in [1.165, 1.54) is 25.7 Å². The van der Waals surface area contributed by atoms with E-state index in [0.29, 0.717) is 6.04 Å². The standard InChI is InChI=1S/C18H23N3O/c22-18(14-6-5-13-7-9-19-17(13)11-14)20-15-8-10-21(12-15)16-3-1-2-4-16/h5-7,9,11,15-16,19H,1-4,8,10,12H2,(H,20,22)/t15-/m1/s1. The Morgan fingerprint density at radius 2 is 2.05 bits per heavy atom. The maximum absolute atomic E-state index is 12.5. The SMILES string of the molecule is O=C(N[C@@H]1CCN(C2CCCC2)C1)c1ccc2cc[nH]c2c1. The highest BCUT2D eigenvalue weighted by molar-refractivity contribution is 5.98. The van der Waals surface area contributed by atoms with E-state index in [0.717, 1.165) is 42.0 Å². The van der Waals surface area contributed by atoms with Gasteiger partial charge in [-0.25, -0.2) is 0 Å². The quantitative estimate of drug-likeness (QED) is 0.915. The van der Waals surface area contributed by atoms with Crippen molar-refractivity contribution in [3.8, 4) is 0 Å². The highest BCUT2D eigenvalue weighted by atomic mass is 16.1. The summed E-state index contributed by atoms with van der Waals surface area (Å²) in [5.41, 5.74) is 1.76. The van der Waals surface area contributed by atoms with Gasteiger partial charge in [0.2, 0.25) is 0 Å². The number of aromatic nitrogens is 1. The Balaban J connectivity index is 1.39. The summed E-state index contributed by atoms with van der Waals surface area (Å²) in [4.78, 5) is 18.2. The first-order valence-corrected chi connectivity index (χ1v) is 8.42. The second-order valence-corrected chi connectivity index (χ2v) is 6.67. The molecule has 2 heterocycles. The van der Waals surface area contributed by atoms with Gasteiger partial charge < -0.3 is 10.3 Å². The molecule has 1 amide bonds. The van der Waals surface area contributed by atoms with Crippen molar-refractivity contribution in [3.63, 3.8) is 0 Å². The molecule has 0 spiro atoms. The number of nitrogens with one attached hydrogen (secondary N) is 2. The summed E-state index contributed by atoms with van der Waals surface area (Å²) >= 11 is 0. The fraction of sp³-hybridized carbons (Fsp3) is 0.500. The smallest absolute Gasteiger partial charge is 0.251 e. The van der Waals surface area contributed by atoms with Crippen LogP contribution in [0.2, 0.25) is 0 Å². The summed E-state index contributed by atoms with van der Waals surface area (Å²) < 4.78 is 0. The number of H-pyrrole nitrogens is 1. The number of carbonyl (C=O) groups is 1. The second kappa shape index (κ2) is 5.76. The zero-order valence-corrected chi connectivity index (χ0v) is 12.8. The van der Waals surface area contributed by atoms with Gasteiger partial charge in [-0.2, -0.15) is 0 Å². The lowest BCUT2D eigenvalue weighted by Gasteiger charge is -2.23. The third-order valence-corrected chi connectivity index (χ3v) is 5.21. The van der Waals surface area contributed by atoms with Crippen LogP contribution < -0.4 is 5.32 Å². The van der Waals surface area contributed by atoms with E-state index in [2.05, 4.69) is 15.2 Å². The minimum Gasteiger partial charge on any atom is -0.361 e. The monoisotopic (exact) mass is 297 g/mol. The van der Waals surface area contributed by atoms with Crippen molar-refractivity contribution >= 4 is 16.8 Å². The van der Waals surface area contributed by atoms with E-state index in [1.807, 2.05) is 30.5 Å². The van der Waals surface area contributed by atoms with Gasteiger partial charge in [-0.05, 0) is 42.8 Å². The fourth-order valence-electron chi connectivity index (χ4n) is 3.96. The maximum Gasteiger partial charge on any atom is 0.251 e. The van der Waals surface area contributed by atoms with Crippen LogP contribution in [0.25, 0.3) is 10.9 Å². The van der Waals surface area contributed by atoms with Crippen LogP contribution in [0.5, 0.6) is 0 Å².